The Kier molecular flexibility index (Phi) is 3.62. The number of ether oxygens (including phenoxy) is 1. The minimum absolute atomic E-state index is 0.0988. The first-order chi connectivity index (χ1) is 8.70. The highest BCUT2D eigenvalue weighted by molar-refractivity contribution is 5.92. The van der Waals surface area contributed by atoms with Gasteiger partial charge in [0.2, 0.25) is 5.88 Å². The van der Waals surface area contributed by atoms with Crippen molar-refractivity contribution in [2.45, 2.75) is 6.54 Å². The Morgan fingerprint density at radius 2 is 2.28 bits per heavy atom. The Labute approximate surface area is 105 Å². The largest absolute Gasteiger partial charge is 0.481 e. The van der Waals surface area contributed by atoms with Crippen LogP contribution in [-0.4, -0.2) is 22.6 Å². The summed E-state index contributed by atoms with van der Waals surface area (Å²) in [6.07, 6.45) is 3.52. The summed E-state index contributed by atoms with van der Waals surface area (Å²) in [7, 11) is 3.41. The van der Waals surface area contributed by atoms with E-state index in [0.29, 0.717) is 18.1 Å². The molecule has 0 saturated carbocycles. The number of nitrogens with one attached hydrogen (secondary N) is 1. The number of nitrogens with zero attached hydrogens (tertiary/aromatic N) is 2. The molecule has 5 nitrogen and oxygen atoms in total. The van der Waals surface area contributed by atoms with Crippen LogP contribution in [0, 0.1) is 0 Å². The molecule has 1 N–H and O–H groups in total. The van der Waals surface area contributed by atoms with Gasteiger partial charge >= 0.3 is 0 Å². The quantitative estimate of drug-likeness (QED) is 0.884. The lowest BCUT2D eigenvalue weighted by molar-refractivity contribution is 0.0943. The van der Waals surface area contributed by atoms with E-state index in [1.165, 1.54) is 0 Å². The van der Waals surface area contributed by atoms with E-state index < -0.39 is 0 Å². The molecule has 0 aliphatic heterocycles. The fourth-order valence-corrected chi connectivity index (χ4v) is 1.61. The molecule has 0 saturated heterocycles. The maximum atomic E-state index is 11.8. The number of amides is 1. The lowest BCUT2D eigenvalue weighted by Gasteiger charge is -2.06. The second-order valence-electron chi connectivity index (χ2n) is 3.90. The average molecular weight is 245 g/mol. The Balaban J connectivity index is 1.95. The average Bonchev–Trinajstić information content (AvgIpc) is 2.83. The van der Waals surface area contributed by atoms with E-state index in [4.69, 9.17) is 4.74 Å². The molecule has 0 aliphatic rings. The van der Waals surface area contributed by atoms with E-state index >= 15 is 0 Å². The Bertz CT molecular complexity index is 531. The summed E-state index contributed by atoms with van der Waals surface area (Å²) in [5.41, 5.74) is 1.56. The minimum atomic E-state index is -0.0988. The van der Waals surface area contributed by atoms with E-state index in [-0.39, 0.29) is 5.91 Å². The van der Waals surface area contributed by atoms with Crippen molar-refractivity contribution >= 4 is 5.91 Å². The van der Waals surface area contributed by atoms with Gasteiger partial charge < -0.3 is 14.6 Å². The van der Waals surface area contributed by atoms with E-state index in [0.717, 1.165) is 5.56 Å². The van der Waals surface area contributed by atoms with Gasteiger partial charge in [0.05, 0.1) is 7.11 Å². The van der Waals surface area contributed by atoms with Gasteiger partial charge in [0.1, 0.15) is 5.69 Å². The zero-order chi connectivity index (χ0) is 13.0. The zero-order valence-electron chi connectivity index (χ0n) is 10.4. The van der Waals surface area contributed by atoms with Gasteiger partial charge in [-0.05, 0) is 17.7 Å². The lowest BCUT2D eigenvalue weighted by atomic mass is 10.3. The molecular formula is C13H15N3O2. The van der Waals surface area contributed by atoms with Crippen molar-refractivity contribution in [1.82, 2.24) is 14.9 Å². The van der Waals surface area contributed by atoms with Gasteiger partial charge in [-0.3, -0.25) is 4.79 Å². The standard InChI is InChI=1S/C13H15N3O2/c1-16-7-3-4-11(16)13(17)15-9-10-5-6-12(18-2)14-8-10/h3-8H,9H2,1-2H3,(H,15,17). The smallest absolute Gasteiger partial charge is 0.268 e. The molecule has 0 radical (unpaired) electrons. The second-order valence-corrected chi connectivity index (χ2v) is 3.90. The number of hydrogen-bond donors (Lipinski definition) is 1. The van der Waals surface area contributed by atoms with E-state index in [1.807, 2.05) is 25.4 Å². The SMILES string of the molecule is COc1ccc(CNC(=O)c2cccn2C)cn1. The number of aryl methyl sites for hydroxylation is 1. The van der Waals surface area contributed by atoms with Gasteiger partial charge in [-0.1, -0.05) is 6.07 Å². The number of rotatable bonds is 4. The number of carbonyl (C=O) groups excluding carboxylic acids is 1. The van der Waals surface area contributed by atoms with Crippen molar-refractivity contribution in [2.75, 3.05) is 7.11 Å². The van der Waals surface area contributed by atoms with Gasteiger partial charge in [0.25, 0.3) is 5.91 Å². The van der Waals surface area contributed by atoms with Crippen LogP contribution >= 0.6 is 0 Å². The van der Waals surface area contributed by atoms with Crippen LogP contribution in [0.4, 0.5) is 0 Å². The Hall–Kier alpha value is -2.30. The van der Waals surface area contributed by atoms with Crippen molar-refractivity contribution in [3.8, 4) is 5.88 Å². The van der Waals surface area contributed by atoms with Crippen molar-refractivity contribution in [2.24, 2.45) is 7.05 Å². The summed E-state index contributed by atoms with van der Waals surface area (Å²) in [5.74, 6) is 0.464. The highest BCUT2D eigenvalue weighted by atomic mass is 16.5. The van der Waals surface area contributed by atoms with Crippen LogP contribution in [0.15, 0.2) is 36.7 Å². The third-order valence-corrected chi connectivity index (χ3v) is 2.64. The molecule has 5 heteroatoms. The molecule has 0 aromatic carbocycles. The van der Waals surface area contributed by atoms with E-state index in [2.05, 4.69) is 10.3 Å². The summed E-state index contributed by atoms with van der Waals surface area (Å²) >= 11 is 0. The molecule has 0 unspecified atom stereocenters. The van der Waals surface area contributed by atoms with Crippen molar-refractivity contribution in [3.63, 3.8) is 0 Å². The van der Waals surface area contributed by atoms with Gasteiger partial charge in [-0.25, -0.2) is 4.98 Å². The maximum Gasteiger partial charge on any atom is 0.268 e. The molecule has 2 aromatic rings. The molecule has 0 spiro atoms. The Morgan fingerprint density at radius 1 is 1.44 bits per heavy atom. The summed E-state index contributed by atoms with van der Waals surface area (Å²) in [5, 5.41) is 2.84. The number of aromatic nitrogens is 2. The maximum absolute atomic E-state index is 11.8. The molecule has 0 bridgehead atoms. The lowest BCUT2D eigenvalue weighted by Crippen LogP contribution is -2.24. The van der Waals surface area contributed by atoms with Gasteiger partial charge in [-0.2, -0.15) is 0 Å². The summed E-state index contributed by atoms with van der Waals surface area (Å²) in [6, 6.07) is 7.26. The molecule has 1 amide bonds. The first-order valence-corrected chi connectivity index (χ1v) is 5.59. The molecule has 0 aliphatic carbocycles. The predicted molar refractivity (Wildman–Crippen MR) is 67.4 cm³/mol. The number of pyridine rings is 1. The minimum Gasteiger partial charge on any atom is -0.481 e. The topological polar surface area (TPSA) is 56.1 Å². The van der Waals surface area contributed by atoms with Crippen LogP contribution in [0.2, 0.25) is 0 Å². The summed E-state index contributed by atoms with van der Waals surface area (Å²) < 4.78 is 6.75. The fourth-order valence-electron chi connectivity index (χ4n) is 1.61. The number of hydrogen-bond acceptors (Lipinski definition) is 3. The van der Waals surface area contributed by atoms with E-state index in [1.54, 1.807) is 30.0 Å². The fraction of sp³-hybridized carbons (Fsp3) is 0.231. The van der Waals surface area contributed by atoms with Crippen molar-refractivity contribution < 1.29 is 9.53 Å². The van der Waals surface area contributed by atoms with Crippen LogP contribution in [0.25, 0.3) is 0 Å². The molecular weight excluding hydrogens is 230 g/mol. The van der Waals surface area contributed by atoms with Gasteiger partial charge in [0, 0.05) is 32.1 Å². The van der Waals surface area contributed by atoms with Gasteiger partial charge in [-0.15, -0.1) is 0 Å². The van der Waals surface area contributed by atoms with Crippen LogP contribution in [0.3, 0.4) is 0 Å². The number of carbonyl (C=O) groups is 1. The van der Waals surface area contributed by atoms with E-state index in [9.17, 15) is 4.79 Å². The molecule has 18 heavy (non-hydrogen) atoms. The highest BCUT2D eigenvalue weighted by Gasteiger charge is 2.07. The molecule has 0 fully saturated rings. The van der Waals surface area contributed by atoms with Crippen molar-refractivity contribution in [1.29, 1.82) is 0 Å². The third-order valence-electron chi connectivity index (χ3n) is 2.64. The predicted octanol–water partition coefficient (Wildman–Crippen LogP) is 1.36. The Morgan fingerprint density at radius 3 is 2.83 bits per heavy atom. The first kappa shape index (κ1) is 12.2. The monoisotopic (exact) mass is 245 g/mol. The van der Waals surface area contributed by atoms with Crippen LogP contribution in [0.1, 0.15) is 16.1 Å². The summed E-state index contributed by atoms with van der Waals surface area (Å²) in [6.45, 7) is 0.445. The molecule has 94 valence electrons. The van der Waals surface area contributed by atoms with Gasteiger partial charge in [0.15, 0.2) is 0 Å². The normalized spacial score (nSPS) is 10.1. The molecule has 2 heterocycles. The van der Waals surface area contributed by atoms with Crippen LogP contribution < -0.4 is 10.1 Å². The third kappa shape index (κ3) is 2.68. The van der Waals surface area contributed by atoms with Crippen LogP contribution in [0.5, 0.6) is 5.88 Å². The highest BCUT2D eigenvalue weighted by Crippen LogP contribution is 2.06. The first-order valence-electron chi connectivity index (χ1n) is 5.59. The molecule has 2 rings (SSSR count). The molecule has 2 aromatic heterocycles. The molecule has 0 atom stereocenters. The zero-order valence-corrected chi connectivity index (χ0v) is 10.4. The summed E-state index contributed by atoms with van der Waals surface area (Å²) in [4.78, 5) is 15.9. The number of methoxy groups -OCH3 is 1. The van der Waals surface area contributed by atoms with Crippen molar-refractivity contribution in [3.05, 3.63) is 47.9 Å². The second kappa shape index (κ2) is 5.35. The van der Waals surface area contributed by atoms with Crippen LogP contribution in [-0.2, 0) is 13.6 Å².